The van der Waals surface area contributed by atoms with E-state index in [0.29, 0.717) is 28.5 Å². The van der Waals surface area contributed by atoms with Gasteiger partial charge in [-0.3, -0.25) is 4.57 Å². The molecular weight excluding hydrogens is 673 g/mol. The van der Waals surface area contributed by atoms with E-state index in [9.17, 15) is 5.26 Å². The molecule has 4 aliphatic rings. The van der Waals surface area contributed by atoms with Gasteiger partial charge in [0.1, 0.15) is 5.65 Å². The van der Waals surface area contributed by atoms with Gasteiger partial charge in [0.05, 0.1) is 17.1 Å². The molecule has 3 aromatic heterocycles. The zero-order valence-electron chi connectivity index (χ0n) is 30.4. The highest BCUT2D eigenvalue weighted by Gasteiger charge is 2.51. The Kier molecular flexibility index (Phi) is 7.32. The first-order chi connectivity index (χ1) is 27.1. The molecule has 0 amide bonds. The molecule has 0 saturated heterocycles. The Morgan fingerprint density at radius 3 is 1.75 bits per heavy atom. The highest BCUT2D eigenvalue weighted by atomic mass is 15.1. The molecule has 3 heterocycles. The molecule has 6 nitrogen and oxygen atoms in total. The number of fused-ring (bicyclic) bond motifs is 3. The third-order valence-electron chi connectivity index (χ3n) is 12.7. The molecule has 0 unspecified atom stereocenters. The predicted molar refractivity (Wildman–Crippen MR) is 218 cm³/mol. The number of nitriles is 1. The van der Waals surface area contributed by atoms with Crippen LogP contribution in [0.2, 0.25) is 0 Å². The van der Waals surface area contributed by atoms with Gasteiger partial charge < -0.3 is 0 Å². The van der Waals surface area contributed by atoms with E-state index in [-0.39, 0.29) is 0 Å². The van der Waals surface area contributed by atoms with Crippen LogP contribution in [0.3, 0.4) is 0 Å². The summed E-state index contributed by atoms with van der Waals surface area (Å²) >= 11 is 0. The second-order valence-corrected chi connectivity index (χ2v) is 16.1. The van der Waals surface area contributed by atoms with Crippen LogP contribution in [0.1, 0.15) is 49.7 Å². The van der Waals surface area contributed by atoms with Gasteiger partial charge in [0, 0.05) is 39.3 Å². The molecule has 264 valence electrons. The summed E-state index contributed by atoms with van der Waals surface area (Å²) in [5.41, 5.74) is 10.4. The molecule has 0 atom stereocenters. The van der Waals surface area contributed by atoms with Crippen LogP contribution in [0.15, 0.2) is 140 Å². The van der Waals surface area contributed by atoms with Crippen molar-refractivity contribution in [2.45, 2.75) is 43.9 Å². The number of hydrogen-bond acceptors (Lipinski definition) is 5. The van der Waals surface area contributed by atoms with Crippen molar-refractivity contribution in [3.05, 3.63) is 151 Å². The lowest BCUT2D eigenvalue weighted by molar-refractivity contribution is -0.00518. The van der Waals surface area contributed by atoms with Crippen LogP contribution in [0.25, 0.3) is 72.9 Å². The predicted octanol–water partition coefficient (Wildman–Crippen LogP) is 11.4. The third-order valence-corrected chi connectivity index (χ3v) is 12.7. The molecule has 5 aromatic carbocycles. The molecule has 0 N–H and O–H groups in total. The normalized spacial score (nSPS) is 21.3. The molecule has 8 aromatic rings. The highest BCUT2D eigenvalue weighted by molar-refractivity contribution is 6.14. The van der Waals surface area contributed by atoms with E-state index >= 15 is 0 Å². The standard InChI is InChI=1S/C49H38N6/c50-30-31-10-12-35(13-11-31)36-14-16-37(17-15-36)45-52-46(38-18-20-39(21-19-38)49-27-32-24-33(28-49)26-34(25-32)29-49)54-47(53-45)42-22-23-51-48-44(42)41-8-4-5-9-43(41)55(48)40-6-2-1-3-7-40/h1-23,32-34H,24-29H2. The van der Waals surface area contributed by atoms with Gasteiger partial charge in [-0.05, 0) is 115 Å². The summed E-state index contributed by atoms with van der Waals surface area (Å²) in [5.74, 6) is 4.58. The highest BCUT2D eigenvalue weighted by Crippen LogP contribution is 2.60. The third kappa shape index (κ3) is 5.37. The van der Waals surface area contributed by atoms with E-state index in [1.807, 2.05) is 42.6 Å². The number of aromatic nitrogens is 5. The van der Waals surface area contributed by atoms with Crippen molar-refractivity contribution in [2.75, 3.05) is 0 Å². The average Bonchev–Trinajstić information content (AvgIpc) is 3.58. The largest absolute Gasteiger partial charge is 0.294 e. The van der Waals surface area contributed by atoms with E-state index < -0.39 is 0 Å². The molecule has 55 heavy (non-hydrogen) atoms. The number of pyridine rings is 1. The van der Waals surface area contributed by atoms with Gasteiger partial charge >= 0.3 is 0 Å². The van der Waals surface area contributed by atoms with Gasteiger partial charge in [-0.1, -0.05) is 97.1 Å². The van der Waals surface area contributed by atoms with Crippen LogP contribution < -0.4 is 0 Å². The maximum atomic E-state index is 9.28. The Morgan fingerprint density at radius 1 is 0.564 bits per heavy atom. The lowest BCUT2D eigenvalue weighted by atomic mass is 9.48. The Hall–Kier alpha value is -6.45. The average molecular weight is 711 g/mol. The molecule has 4 aliphatic carbocycles. The lowest BCUT2D eigenvalue weighted by Crippen LogP contribution is -2.48. The van der Waals surface area contributed by atoms with E-state index in [2.05, 4.69) is 108 Å². The van der Waals surface area contributed by atoms with E-state index in [4.69, 9.17) is 19.9 Å². The van der Waals surface area contributed by atoms with E-state index in [1.165, 1.54) is 44.1 Å². The fourth-order valence-corrected chi connectivity index (χ4v) is 10.6. The summed E-state index contributed by atoms with van der Waals surface area (Å²) in [6, 6.07) is 48.4. The second kappa shape index (κ2) is 12.6. The molecule has 4 fully saturated rings. The van der Waals surface area contributed by atoms with Gasteiger partial charge in [0.2, 0.25) is 0 Å². The summed E-state index contributed by atoms with van der Waals surface area (Å²) in [6.45, 7) is 0. The van der Waals surface area contributed by atoms with Crippen LogP contribution >= 0.6 is 0 Å². The number of rotatable bonds is 6. The quantitative estimate of drug-likeness (QED) is 0.172. The smallest absolute Gasteiger partial charge is 0.164 e. The van der Waals surface area contributed by atoms with Crippen molar-refractivity contribution >= 4 is 21.9 Å². The molecule has 12 rings (SSSR count). The fourth-order valence-electron chi connectivity index (χ4n) is 10.6. The number of benzene rings is 5. The Morgan fingerprint density at radius 2 is 1.11 bits per heavy atom. The summed E-state index contributed by atoms with van der Waals surface area (Å²) in [4.78, 5) is 20.6. The summed E-state index contributed by atoms with van der Waals surface area (Å²) in [5, 5.41) is 11.4. The van der Waals surface area contributed by atoms with Crippen molar-refractivity contribution in [3.8, 4) is 57.0 Å². The van der Waals surface area contributed by atoms with Gasteiger partial charge in [-0.2, -0.15) is 5.26 Å². The summed E-state index contributed by atoms with van der Waals surface area (Å²) in [6.07, 6.45) is 10.2. The summed E-state index contributed by atoms with van der Waals surface area (Å²) in [7, 11) is 0. The van der Waals surface area contributed by atoms with Gasteiger partial charge in [0.15, 0.2) is 17.5 Å². The first-order valence-corrected chi connectivity index (χ1v) is 19.5. The zero-order chi connectivity index (χ0) is 36.5. The van der Waals surface area contributed by atoms with Crippen LogP contribution in [0, 0.1) is 29.1 Å². The Balaban J connectivity index is 1.06. The molecule has 0 radical (unpaired) electrons. The van der Waals surface area contributed by atoms with E-state index in [0.717, 1.165) is 73.2 Å². The van der Waals surface area contributed by atoms with Crippen molar-refractivity contribution in [1.29, 1.82) is 5.26 Å². The summed E-state index contributed by atoms with van der Waals surface area (Å²) < 4.78 is 2.22. The minimum atomic E-state index is 0.328. The van der Waals surface area contributed by atoms with Crippen molar-refractivity contribution in [1.82, 2.24) is 24.5 Å². The molecule has 6 heteroatoms. The SMILES string of the molecule is N#Cc1ccc(-c2ccc(-c3nc(-c4ccc(C56CC7CC(CC(C7)C5)C6)cc4)nc(-c4ccnc5c4c4ccccc4n5-c4ccccc4)n3)cc2)cc1. The first kappa shape index (κ1) is 32.0. The number of nitrogens with zero attached hydrogens (tertiary/aromatic N) is 6. The maximum absolute atomic E-state index is 9.28. The number of hydrogen-bond donors (Lipinski definition) is 0. The second-order valence-electron chi connectivity index (χ2n) is 16.1. The minimum Gasteiger partial charge on any atom is -0.294 e. The first-order valence-electron chi connectivity index (χ1n) is 19.5. The van der Waals surface area contributed by atoms with Gasteiger partial charge in [0.25, 0.3) is 0 Å². The van der Waals surface area contributed by atoms with Crippen molar-refractivity contribution in [2.24, 2.45) is 17.8 Å². The fraction of sp³-hybridized carbons (Fsp3) is 0.204. The van der Waals surface area contributed by atoms with Gasteiger partial charge in [-0.15, -0.1) is 0 Å². The molecule has 0 spiro atoms. The minimum absolute atomic E-state index is 0.328. The van der Waals surface area contributed by atoms with Crippen molar-refractivity contribution < 1.29 is 0 Å². The van der Waals surface area contributed by atoms with Gasteiger partial charge in [-0.25, -0.2) is 19.9 Å². The molecule has 0 aliphatic heterocycles. The Labute approximate surface area is 320 Å². The number of para-hydroxylation sites is 2. The zero-order valence-corrected chi connectivity index (χ0v) is 30.4. The van der Waals surface area contributed by atoms with E-state index in [1.54, 1.807) is 0 Å². The molecule has 4 bridgehead atoms. The molecular formula is C49H38N6. The monoisotopic (exact) mass is 710 g/mol. The van der Waals surface area contributed by atoms with Crippen molar-refractivity contribution in [3.63, 3.8) is 0 Å². The maximum Gasteiger partial charge on any atom is 0.164 e. The Bertz CT molecular complexity index is 2740. The van der Waals surface area contributed by atoms with Crippen LogP contribution in [-0.4, -0.2) is 24.5 Å². The van der Waals surface area contributed by atoms with Crippen LogP contribution in [0.5, 0.6) is 0 Å². The lowest BCUT2D eigenvalue weighted by Gasteiger charge is -2.57. The van der Waals surface area contributed by atoms with Crippen LogP contribution in [-0.2, 0) is 5.41 Å². The molecule has 4 saturated carbocycles. The topological polar surface area (TPSA) is 80.3 Å². The van der Waals surface area contributed by atoms with Crippen LogP contribution in [0.4, 0.5) is 0 Å².